The quantitative estimate of drug-likeness (QED) is 0.575. The highest BCUT2D eigenvalue weighted by Gasteiger charge is 2.40. The second kappa shape index (κ2) is 7.18. The number of halogens is 3. The van der Waals surface area contributed by atoms with E-state index < -0.39 is 23.3 Å². The van der Waals surface area contributed by atoms with Crippen LogP contribution in [0.2, 0.25) is 0 Å². The average molecular weight is 359 g/mol. The number of carbonyl (C=O) groups excluding carboxylic acids is 1. The molecular weight excluding hydrogens is 347 g/mol. The number of nitrogens with one attached hydrogen (secondary N) is 1. The maximum absolute atomic E-state index is 13.5. The van der Waals surface area contributed by atoms with Crippen molar-refractivity contribution in [2.24, 2.45) is 5.10 Å². The standard InChI is InChI=1S/C17H12F3N5O/c18-17(19,20)15-14(11-23-25(15)13-7-2-1-3-8-13)16(26)24-22-10-12-6-4-5-9-21-12/h1-11H,(H,24,26)/b22-10-. The molecule has 0 saturated carbocycles. The first-order valence-electron chi connectivity index (χ1n) is 7.42. The summed E-state index contributed by atoms with van der Waals surface area (Å²) in [7, 11) is 0. The Labute approximate surface area is 146 Å². The van der Waals surface area contributed by atoms with Gasteiger partial charge in [0.15, 0.2) is 5.69 Å². The lowest BCUT2D eigenvalue weighted by Crippen LogP contribution is -2.23. The van der Waals surface area contributed by atoms with Crippen molar-refractivity contribution in [1.29, 1.82) is 0 Å². The first-order chi connectivity index (χ1) is 12.5. The minimum atomic E-state index is -4.77. The zero-order chi connectivity index (χ0) is 18.6. The Hall–Kier alpha value is -3.49. The summed E-state index contributed by atoms with van der Waals surface area (Å²) in [5.74, 6) is -1.02. The highest BCUT2D eigenvalue weighted by molar-refractivity contribution is 5.96. The first kappa shape index (κ1) is 17.3. The molecule has 0 aliphatic heterocycles. The van der Waals surface area contributed by atoms with Crippen molar-refractivity contribution in [3.8, 4) is 5.69 Å². The normalized spacial score (nSPS) is 11.7. The molecule has 2 aromatic heterocycles. The molecular formula is C17H12F3N5O. The van der Waals surface area contributed by atoms with E-state index in [1.165, 1.54) is 24.5 Å². The highest BCUT2D eigenvalue weighted by atomic mass is 19.4. The van der Waals surface area contributed by atoms with Crippen molar-refractivity contribution < 1.29 is 18.0 Å². The van der Waals surface area contributed by atoms with Crippen LogP contribution >= 0.6 is 0 Å². The molecule has 1 aromatic carbocycles. The number of aromatic nitrogens is 3. The molecule has 132 valence electrons. The average Bonchev–Trinajstić information content (AvgIpc) is 3.09. The number of nitrogens with zero attached hydrogens (tertiary/aromatic N) is 4. The highest BCUT2D eigenvalue weighted by Crippen LogP contribution is 2.33. The zero-order valence-electron chi connectivity index (χ0n) is 13.2. The molecule has 0 fully saturated rings. The topological polar surface area (TPSA) is 72.2 Å². The van der Waals surface area contributed by atoms with Gasteiger partial charge < -0.3 is 0 Å². The lowest BCUT2D eigenvalue weighted by Gasteiger charge is -2.12. The molecule has 0 bridgehead atoms. The van der Waals surface area contributed by atoms with Gasteiger partial charge in [0, 0.05) is 6.20 Å². The van der Waals surface area contributed by atoms with Gasteiger partial charge in [-0.1, -0.05) is 24.3 Å². The van der Waals surface area contributed by atoms with E-state index in [9.17, 15) is 18.0 Å². The molecule has 0 radical (unpaired) electrons. The van der Waals surface area contributed by atoms with Gasteiger partial charge in [0.2, 0.25) is 0 Å². The van der Waals surface area contributed by atoms with Gasteiger partial charge in [0.1, 0.15) is 0 Å². The molecule has 0 spiro atoms. The number of rotatable bonds is 4. The van der Waals surface area contributed by atoms with Crippen LogP contribution in [0.4, 0.5) is 13.2 Å². The predicted molar refractivity (Wildman–Crippen MR) is 87.9 cm³/mol. The summed E-state index contributed by atoms with van der Waals surface area (Å²) in [6, 6.07) is 12.8. The van der Waals surface area contributed by atoms with E-state index in [4.69, 9.17) is 0 Å². The van der Waals surface area contributed by atoms with Crippen LogP contribution in [0.3, 0.4) is 0 Å². The molecule has 1 N–H and O–H groups in total. The van der Waals surface area contributed by atoms with E-state index in [1.807, 2.05) is 0 Å². The van der Waals surface area contributed by atoms with E-state index in [0.717, 1.165) is 6.20 Å². The molecule has 2 heterocycles. The third-order valence-electron chi connectivity index (χ3n) is 3.33. The Kier molecular flexibility index (Phi) is 4.78. The largest absolute Gasteiger partial charge is 0.434 e. The van der Waals surface area contributed by atoms with Crippen molar-refractivity contribution >= 4 is 12.1 Å². The van der Waals surface area contributed by atoms with E-state index in [-0.39, 0.29) is 5.69 Å². The maximum atomic E-state index is 13.5. The van der Waals surface area contributed by atoms with E-state index >= 15 is 0 Å². The Morgan fingerprint density at radius 3 is 2.50 bits per heavy atom. The Balaban J connectivity index is 1.89. The van der Waals surface area contributed by atoms with Gasteiger partial charge in [-0.15, -0.1) is 0 Å². The summed E-state index contributed by atoms with van der Waals surface area (Å²) >= 11 is 0. The van der Waals surface area contributed by atoms with Crippen molar-refractivity contribution in [3.63, 3.8) is 0 Å². The van der Waals surface area contributed by atoms with Crippen LogP contribution in [0.25, 0.3) is 5.69 Å². The van der Waals surface area contributed by atoms with Crippen LogP contribution < -0.4 is 5.43 Å². The zero-order valence-corrected chi connectivity index (χ0v) is 13.2. The summed E-state index contributed by atoms with van der Waals surface area (Å²) in [4.78, 5) is 16.1. The number of alkyl halides is 3. The SMILES string of the molecule is O=C(N/N=C\c1ccccn1)c1cnn(-c2ccccc2)c1C(F)(F)F. The molecule has 1 amide bonds. The number of carbonyl (C=O) groups is 1. The van der Waals surface area contributed by atoms with Crippen LogP contribution in [0.1, 0.15) is 21.7 Å². The maximum Gasteiger partial charge on any atom is 0.434 e. The van der Waals surface area contributed by atoms with Gasteiger partial charge in [-0.25, -0.2) is 10.1 Å². The van der Waals surface area contributed by atoms with Crippen molar-refractivity contribution in [2.75, 3.05) is 0 Å². The minimum absolute atomic E-state index is 0.191. The number of pyridine rings is 1. The number of hydrazone groups is 1. The van der Waals surface area contributed by atoms with Gasteiger partial charge in [-0.05, 0) is 24.3 Å². The number of amides is 1. The van der Waals surface area contributed by atoms with Crippen LogP contribution in [0.15, 0.2) is 66.0 Å². The number of hydrogen-bond donors (Lipinski definition) is 1. The van der Waals surface area contributed by atoms with E-state index in [1.54, 1.807) is 36.4 Å². The summed E-state index contributed by atoms with van der Waals surface area (Å²) in [5.41, 5.74) is 0.903. The molecule has 0 atom stereocenters. The molecule has 9 heteroatoms. The number of hydrogen-bond acceptors (Lipinski definition) is 4. The van der Waals surface area contributed by atoms with Gasteiger partial charge in [0.05, 0.1) is 29.4 Å². The van der Waals surface area contributed by atoms with E-state index in [0.29, 0.717) is 10.4 Å². The summed E-state index contributed by atoms with van der Waals surface area (Å²) in [6.45, 7) is 0. The van der Waals surface area contributed by atoms with Gasteiger partial charge in [0.25, 0.3) is 5.91 Å². The van der Waals surface area contributed by atoms with E-state index in [2.05, 4.69) is 20.6 Å². The monoisotopic (exact) mass is 359 g/mol. The molecule has 0 aliphatic rings. The van der Waals surface area contributed by atoms with Crippen LogP contribution in [-0.2, 0) is 6.18 Å². The molecule has 3 aromatic rings. The number of para-hydroxylation sites is 1. The van der Waals surface area contributed by atoms with Gasteiger partial charge >= 0.3 is 6.18 Å². The third-order valence-corrected chi connectivity index (χ3v) is 3.33. The fourth-order valence-electron chi connectivity index (χ4n) is 2.22. The van der Waals surface area contributed by atoms with Crippen LogP contribution in [-0.4, -0.2) is 26.9 Å². The summed E-state index contributed by atoms with van der Waals surface area (Å²) in [6.07, 6.45) is -1.16. The Bertz CT molecular complexity index is 921. The van der Waals surface area contributed by atoms with Crippen molar-refractivity contribution in [1.82, 2.24) is 20.2 Å². The third kappa shape index (κ3) is 3.77. The molecule has 0 unspecified atom stereocenters. The van der Waals surface area contributed by atoms with Crippen LogP contribution in [0, 0.1) is 0 Å². The van der Waals surface area contributed by atoms with Crippen molar-refractivity contribution in [2.45, 2.75) is 6.18 Å². The molecule has 6 nitrogen and oxygen atoms in total. The lowest BCUT2D eigenvalue weighted by atomic mass is 10.2. The molecule has 0 saturated heterocycles. The second-order valence-electron chi connectivity index (χ2n) is 5.11. The fourth-order valence-corrected chi connectivity index (χ4v) is 2.22. The second-order valence-corrected chi connectivity index (χ2v) is 5.11. The Morgan fingerprint density at radius 2 is 1.85 bits per heavy atom. The van der Waals surface area contributed by atoms with Crippen molar-refractivity contribution in [3.05, 3.63) is 77.9 Å². The molecule has 26 heavy (non-hydrogen) atoms. The lowest BCUT2D eigenvalue weighted by molar-refractivity contribution is -0.143. The minimum Gasteiger partial charge on any atom is -0.267 e. The van der Waals surface area contributed by atoms with Gasteiger partial charge in [-0.3, -0.25) is 9.78 Å². The molecule has 0 aliphatic carbocycles. The van der Waals surface area contributed by atoms with Crippen LogP contribution in [0.5, 0.6) is 0 Å². The predicted octanol–water partition coefficient (Wildman–Crippen LogP) is 3.05. The fraction of sp³-hybridized carbons (Fsp3) is 0.0588. The van der Waals surface area contributed by atoms with Gasteiger partial charge in [-0.2, -0.15) is 23.4 Å². The molecule has 3 rings (SSSR count). The Morgan fingerprint density at radius 1 is 1.12 bits per heavy atom. The summed E-state index contributed by atoms with van der Waals surface area (Å²) in [5, 5.41) is 7.34. The summed E-state index contributed by atoms with van der Waals surface area (Å²) < 4.78 is 41.1. The number of benzene rings is 1. The first-order valence-corrected chi connectivity index (χ1v) is 7.42. The smallest absolute Gasteiger partial charge is 0.267 e.